The molecule has 0 saturated heterocycles. The fraction of sp³-hybridized carbons (Fsp3) is 0.562. The predicted octanol–water partition coefficient (Wildman–Crippen LogP) is 2.82. The van der Waals surface area contributed by atoms with Crippen LogP contribution in [0.1, 0.15) is 50.8 Å². The molecular formula is C16H26N2O. The SMILES string of the molecule is CCCCc1ccc(C(C)NCCNC(C)=O)cc1. The van der Waals surface area contributed by atoms with E-state index < -0.39 is 0 Å². The van der Waals surface area contributed by atoms with Gasteiger partial charge >= 0.3 is 0 Å². The number of unbranched alkanes of at least 4 members (excludes halogenated alkanes) is 1. The largest absolute Gasteiger partial charge is 0.355 e. The van der Waals surface area contributed by atoms with E-state index in [0.29, 0.717) is 12.6 Å². The van der Waals surface area contributed by atoms with E-state index in [2.05, 4.69) is 48.7 Å². The Morgan fingerprint density at radius 2 is 1.89 bits per heavy atom. The second-order valence-electron chi connectivity index (χ2n) is 5.00. The first-order chi connectivity index (χ1) is 9.13. The summed E-state index contributed by atoms with van der Waals surface area (Å²) in [5.41, 5.74) is 2.71. The van der Waals surface area contributed by atoms with E-state index in [1.165, 1.54) is 30.4 Å². The van der Waals surface area contributed by atoms with Crippen LogP contribution in [-0.4, -0.2) is 19.0 Å². The monoisotopic (exact) mass is 262 g/mol. The van der Waals surface area contributed by atoms with Gasteiger partial charge in [0.25, 0.3) is 0 Å². The van der Waals surface area contributed by atoms with Gasteiger partial charge in [-0.05, 0) is 30.9 Å². The molecule has 0 aliphatic rings. The summed E-state index contributed by atoms with van der Waals surface area (Å²) >= 11 is 0. The summed E-state index contributed by atoms with van der Waals surface area (Å²) in [6, 6.07) is 9.14. The van der Waals surface area contributed by atoms with Crippen LogP contribution >= 0.6 is 0 Å². The van der Waals surface area contributed by atoms with Crippen molar-refractivity contribution in [3.63, 3.8) is 0 Å². The van der Waals surface area contributed by atoms with Crippen molar-refractivity contribution in [2.45, 2.75) is 46.1 Å². The summed E-state index contributed by atoms with van der Waals surface area (Å²) < 4.78 is 0. The van der Waals surface area contributed by atoms with Crippen LogP contribution in [0.15, 0.2) is 24.3 Å². The molecule has 1 unspecified atom stereocenters. The van der Waals surface area contributed by atoms with Crippen molar-refractivity contribution in [1.82, 2.24) is 10.6 Å². The van der Waals surface area contributed by atoms with Crippen molar-refractivity contribution in [3.8, 4) is 0 Å². The average molecular weight is 262 g/mol. The highest BCUT2D eigenvalue weighted by Gasteiger charge is 2.04. The molecule has 0 bridgehead atoms. The van der Waals surface area contributed by atoms with Gasteiger partial charge in [0.15, 0.2) is 0 Å². The van der Waals surface area contributed by atoms with Crippen molar-refractivity contribution >= 4 is 5.91 Å². The maximum Gasteiger partial charge on any atom is 0.216 e. The Bertz CT molecular complexity index is 373. The van der Waals surface area contributed by atoms with Gasteiger partial charge in [0.2, 0.25) is 5.91 Å². The van der Waals surface area contributed by atoms with Gasteiger partial charge in [-0.2, -0.15) is 0 Å². The molecule has 0 aliphatic heterocycles. The standard InChI is InChI=1S/C16H26N2O/c1-4-5-6-15-7-9-16(10-8-15)13(2)17-11-12-18-14(3)19/h7-10,13,17H,4-6,11-12H2,1-3H3,(H,18,19). The Hall–Kier alpha value is -1.35. The third-order valence-electron chi connectivity index (χ3n) is 3.25. The number of carbonyl (C=O) groups is 1. The van der Waals surface area contributed by atoms with Gasteiger partial charge in [-0.3, -0.25) is 4.79 Å². The molecule has 0 aliphatic carbocycles. The van der Waals surface area contributed by atoms with Crippen LogP contribution in [-0.2, 0) is 11.2 Å². The van der Waals surface area contributed by atoms with Crippen molar-refractivity contribution < 1.29 is 4.79 Å². The Balaban J connectivity index is 2.35. The number of benzene rings is 1. The highest BCUT2D eigenvalue weighted by Crippen LogP contribution is 2.14. The van der Waals surface area contributed by atoms with E-state index >= 15 is 0 Å². The van der Waals surface area contributed by atoms with Gasteiger partial charge in [0.1, 0.15) is 0 Å². The van der Waals surface area contributed by atoms with Crippen LogP contribution < -0.4 is 10.6 Å². The van der Waals surface area contributed by atoms with Gasteiger partial charge in [-0.15, -0.1) is 0 Å². The number of aryl methyl sites for hydroxylation is 1. The third-order valence-corrected chi connectivity index (χ3v) is 3.25. The second kappa shape index (κ2) is 8.70. The fourth-order valence-corrected chi connectivity index (χ4v) is 2.00. The summed E-state index contributed by atoms with van der Waals surface area (Å²) in [6.07, 6.45) is 3.66. The van der Waals surface area contributed by atoms with Crippen LogP contribution in [0.5, 0.6) is 0 Å². The Labute approximate surface area is 116 Å². The van der Waals surface area contributed by atoms with E-state index in [4.69, 9.17) is 0 Å². The average Bonchev–Trinajstić information content (AvgIpc) is 2.41. The molecule has 0 fully saturated rings. The van der Waals surface area contributed by atoms with Gasteiger partial charge in [0, 0.05) is 26.1 Å². The van der Waals surface area contributed by atoms with Gasteiger partial charge < -0.3 is 10.6 Å². The molecule has 19 heavy (non-hydrogen) atoms. The molecule has 0 spiro atoms. The molecule has 2 N–H and O–H groups in total. The molecular weight excluding hydrogens is 236 g/mol. The van der Waals surface area contributed by atoms with Gasteiger partial charge in [0.05, 0.1) is 0 Å². The molecule has 1 rings (SSSR count). The zero-order valence-electron chi connectivity index (χ0n) is 12.3. The normalized spacial score (nSPS) is 12.2. The Morgan fingerprint density at radius 3 is 2.47 bits per heavy atom. The minimum absolute atomic E-state index is 0.0229. The molecule has 0 heterocycles. The van der Waals surface area contributed by atoms with Gasteiger partial charge in [-0.25, -0.2) is 0 Å². The first-order valence-electron chi connectivity index (χ1n) is 7.20. The lowest BCUT2D eigenvalue weighted by Crippen LogP contribution is -2.31. The predicted molar refractivity (Wildman–Crippen MR) is 80.2 cm³/mol. The lowest BCUT2D eigenvalue weighted by atomic mass is 10.0. The van der Waals surface area contributed by atoms with Crippen molar-refractivity contribution in [2.24, 2.45) is 0 Å². The molecule has 1 aromatic rings. The maximum absolute atomic E-state index is 10.7. The lowest BCUT2D eigenvalue weighted by Gasteiger charge is -2.15. The van der Waals surface area contributed by atoms with E-state index in [0.717, 1.165) is 6.54 Å². The molecule has 1 aromatic carbocycles. The summed E-state index contributed by atoms with van der Waals surface area (Å²) in [6.45, 7) is 7.37. The summed E-state index contributed by atoms with van der Waals surface area (Å²) in [4.78, 5) is 10.7. The quantitative estimate of drug-likeness (QED) is 0.707. The molecule has 1 amide bonds. The summed E-state index contributed by atoms with van der Waals surface area (Å²) in [5, 5.41) is 6.19. The number of hydrogen-bond donors (Lipinski definition) is 2. The highest BCUT2D eigenvalue weighted by molar-refractivity contribution is 5.72. The maximum atomic E-state index is 10.7. The molecule has 106 valence electrons. The van der Waals surface area contributed by atoms with Crippen molar-refractivity contribution in [2.75, 3.05) is 13.1 Å². The van der Waals surface area contributed by atoms with E-state index in [1.807, 2.05) is 0 Å². The summed E-state index contributed by atoms with van der Waals surface area (Å²) in [5.74, 6) is 0.0229. The highest BCUT2D eigenvalue weighted by atomic mass is 16.1. The Morgan fingerprint density at radius 1 is 1.21 bits per heavy atom. The molecule has 3 nitrogen and oxygen atoms in total. The Kier molecular flexibility index (Phi) is 7.19. The molecule has 3 heteroatoms. The third kappa shape index (κ3) is 6.39. The zero-order valence-corrected chi connectivity index (χ0v) is 12.3. The molecule has 0 radical (unpaired) electrons. The minimum atomic E-state index is 0.0229. The first kappa shape index (κ1) is 15.7. The van der Waals surface area contributed by atoms with E-state index in [9.17, 15) is 4.79 Å². The number of amides is 1. The fourth-order valence-electron chi connectivity index (χ4n) is 2.00. The van der Waals surface area contributed by atoms with Crippen LogP contribution in [0, 0.1) is 0 Å². The van der Waals surface area contributed by atoms with Crippen LogP contribution in [0.3, 0.4) is 0 Å². The second-order valence-corrected chi connectivity index (χ2v) is 5.00. The number of hydrogen-bond acceptors (Lipinski definition) is 2. The smallest absolute Gasteiger partial charge is 0.216 e. The first-order valence-corrected chi connectivity index (χ1v) is 7.20. The van der Waals surface area contributed by atoms with Crippen molar-refractivity contribution in [3.05, 3.63) is 35.4 Å². The van der Waals surface area contributed by atoms with E-state index in [1.54, 1.807) is 6.92 Å². The minimum Gasteiger partial charge on any atom is -0.355 e. The number of nitrogens with one attached hydrogen (secondary N) is 2. The topological polar surface area (TPSA) is 41.1 Å². The van der Waals surface area contributed by atoms with Crippen LogP contribution in [0.25, 0.3) is 0 Å². The lowest BCUT2D eigenvalue weighted by molar-refractivity contribution is -0.118. The molecule has 1 atom stereocenters. The summed E-state index contributed by atoms with van der Waals surface area (Å²) in [7, 11) is 0. The zero-order chi connectivity index (χ0) is 14.1. The molecule has 0 aromatic heterocycles. The van der Waals surface area contributed by atoms with E-state index in [-0.39, 0.29) is 5.91 Å². The van der Waals surface area contributed by atoms with Crippen molar-refractivity contribution in [1.29, 1.82) is 0 Å². The number of rotatable bonds is 8. The van der Waals surface area contributed by atoms with Crippen LogP contribution in [0.2, 0.25) is 0 Å². The molecule has 0 saturated carbocycles. The van der Waals surface area contributed by atoms with Crippen LogP contribution in [0.4, 0.5) is 0 Å². The number of carbonyl (C=O) groups excluding carboxylic acids is 1. The van der Waals surface area contributed by atoms with Gasteiger partial charge in [-0.1, -0.05) is 37.6 Å².